The average molecular weight is 387 g/mol. The van der Waals surface area contributed by atoms with Gasteiger partial charge in [-0.3, -0.25) is 0 Å². The minimum Gasteiger partial charge on any atom is -0.245 e. The van der Waals surface area contributed by atoms with Gasteiger partial charge in [-0.1, -0.05) is 30.4 Å². The predicted octanol–water partition coefficient (Wildman–Crippen LogP) is 3.01. The molecule has 0 N–H and O–H groups in total. The second kappa shape index (κ2) is 4.88. The molecule has 0 amide bonds. The summed E-state index contributed by atoms with van der Waals surface area (Å²) in [7, 11) is 0. The molecule has 148 valence electrons. The van der Waals surface area contributed by atoms with Crippen LogP contribution in [0.25, 0.3) is 5.69 Å². The summed E-state index contributed by atoms with van der Waals surface area (Å²) in [6.07, 6.45) is 9.88. The van der Waals surface area contributed by atoms with Crippen molar-refractivity contribution in [1.82, 2.24) is 13.9 Å². The quantitative estimate of drug-likeness (QED) is 0.707. The molecule has 2 aromatic rings. The molecule has 0 saturated heterocycles. The van der Waals surface area contributed by atoms with E-state index in [1.54, 1.807) is 4.68 Å². The van der Waals surface area contributed by atoms with E-state index in [0.717, 1.165) is 35.5 Å². The van der Waals surface area contributed by atoms with Gasteiger partial charge in [0.2, 0.25) is 0 Å². The zero-order chi connectivity index (χ0) is 19.0. The van der Waals surface area contributed by atoms with E-state index < -0.39 is 0 Å². The van der Waals surface area contributed by atoms with Gasteiger partial charge in [-0.25, -0.2) is 23.5 Å². The van der Waals surface area contributed by atoms with Crippen LogP contribution < -0.4 is 11.4 Å². The Kier molecular flexibility index (Phi) is 2.61. The molecular weight excluding hydrogens is 362 g/mol. The average Bonchev–Trinajstić information content (AvgIpc) is 3.61. The van der Waals surface area contributed by atoms with Crippen LogP contribution in [0.3, 0.4) is 0 Å². The fraction of sp³-hybridized carbons (Fsp3) is 0.583. The van der Waals surface area contributed by atoms with Crippen LogP contribution in [0.5, 0.6) is 0 Å². The SMILES string of the molecule is O=c1n(-c2ccccc2)c(=O)n2n1C1C=CC2C2C3CC(CC4C5C(C3)C45)CC21. The number of hydrogen-bond donors (Lipinski definition) is 0. The van der Waals surface area contributed by atoms with Gasteiger partial charge in [0.25, 0.3) is 0 Å². The molecule has 10 rings (SSSR count). The van der Waals surface area contributed by atoms with E-state index in [1.165, 1.54) is 30.3 Å². The molecule has 8 unspecified atom stereocenters. The molecule has 0 radical (unpaired) electrons. The first-order valence-electron chi connectivity index (χ1n) is 11.4. The third-order valence-electron chi connectivity index (χ3n) is 9.53. The van der Waals surface area contributed by atoms with Gasteiger partial charge in [-0.15, -0.1) is 0 Å². The topological polar surface area (TPSA) is 48.9 Å². The molecule has 1 aromatic heterocycles. The monoisotopic (exact) mass is 387 g/mol. The molecular formula is C24H25N3O2. The van der Waals surface area contributed by atoms with Crippen LogP contribution in [0.2, 0.25) is 0 Å². The molecule has 5 nitrogen and oxygen atoms in total. The van der Waals surface area contributed by atoms with Crippen molar-refractivity contribution in [3.05, 3.63) is 63.5 Å². The summed E-state index contributed by atoms with van der Waals surface area (Å²) < 4.78 is 5.00. The van der Waals surface area contributed by atoms with Crippen molar-refractivity contribution < 1.29 is 0 Å². The van der Waals surface area contributed by atoms with E-state index in [9.17, 15) is 9.59 Å². The lowest BCUT2D eigenvalue weighted by Gasteiger charge is -2.54. The third-order valence-corrected chi connectivity index (χ3v) is 9.53. The van der Waals surface area contributed by atoms with Gasteiger partial charge in [0.15, 0.2) is 0 Å². The molecule has 0 spiro atoms. The minimum absolute atomic E-state index is 0.0450. The second-order valence-electron chi connectivity index (χ2n) is 10.6. The maximum absolute atomic E-state index is 13.4. The van der Waals surface area contributed by atoms with E-state index in [2.05, 4.69) is 12.2 Å². The smallest absolute Gasteiger partial charge is 0.245 e. The molecule has 5 heteroatoms. The highest BCUT2D eigenvalue weighted by molar-refractivity contribution is 5.31. The molecule has 29 heavy (non-hydrogen) atoms. The first kappa shape index (κ1) is 15.5. The third kappa shape index (κ3) is 1.75. The number of allylic oxidation sites excluding steroid dienone is 2. The maximum Gasteiger partial charge on any atom is 0.352 e. The van der Waals surface area contributed by atoms with Crippen LogP contribution in [0.4, 0.5) is 0 Å². The van der Waals surface area contributed by atoms with E-state index in [-0.39, 0.29) is 23.5 Å². The number of hydrogen-bond acceptors (Lipinski definition) is 2. The zero-order valence-corrected chi connectivity index (χ0v) is 16.3. The Labute approximate surface area is 168 Å². The maximum atomic E-state index is 13.4. The summed E-state index contributed by atoms with van der Waals surface area (Å²) in [6, 6.07) is 9.50. The second-order valence-corrected chi connectivity index (χ2v) is 10.6. The van der Waals surface area contributed by atoms with E-state index >= 15 is 0 Å². The molecule has 5 saturated carbocycles. The lowest BCUT2D eigenvalue weighted by atomic mass is 9.56. The lowest BCUT2D eigenvalue weighted by Crippen LogP contribution is -2.54. The molecule has 8 atom stereocenters. The molecule has 8 aliphatic rings. The van der Waals surface area contributed by atoms with Crippen LogP contribution in [0.1, 0.15) is 37.8 Å². The summed E-state index contributed by atoms with van der Waals surface area (Å²) in [5.74, 6) is 6.76. The molecule has 6 bridgehead atoms. The van der Waals surface area contributed by atoms with Gasteiger partial charge in [0.05, 0.1) is 17.8 Å². The van der Waals surface area contributed by atoms with Gasteiger partial charge in [0.1, 0.15) is 0 Å². The zero-order valence-electron chi connectivity index (χ0n) is 16.3. The van der Waals surface area contributed by atoms with Crippen molar-refractivity contribution in [2.45, 2.75) is 37.8 Å². The summed E-state index contributed by atoms with van der Waals surface area (Å²) >= 11 is 0. The number of rotatable bonds is 1. The first-order chi connectivity index (χ1) is 14.2. The van der Waals surface area contributed by atoms with Gasteiger partial charge < -0.3 is 0 Å². The first-order valence-corrected chi connectivity index (χ1v) is 11.4. The van der Waals surface area contributed by atoms with E-state index in [1.807, 2.05) is 35.0 Å². The fourth-order valence-electron chi connectivity index (χ4n) is 8.44. The van der Waals surface area contributed by atoms with E-state index in [0.29, 0.717) is 17.5 Å². The molecule has 2 aliphatic heterocycles. The molecule has 5 fully saturated rings. The standard InChI is InChI=1S/C24H25N3O2/c28-23-25(14-4-2-1-3-5-14)24(29)27-19-7-6-18(26(23)27)15-9-12-8-13(20(15)19)11-17-21-16(10-12)22(17)21/h1-7,12-13,15-22H,8-11H2. The van der Waals surface area contributed by atoms with Crippen molar-refractivity contribution in [3.8, 4) is 5.69 Å². The molecule has 1 aromatic carbocycles. The van der Waals surface area contributed by atoms with Crippen molar-refractivity contribution in [1.29, 1.82) is 0 Å². The number of aromatic nitrogens is 3. The number of para-hydroxylation sites is 1. The summed E-state index contributed by atoms with van der Waals surface area (Å²) in [5, 5.41) is 0. The Bertz CT molecular complexity index is 1170. The molecule has 6 aliphatic carbocycles. The Morgan fingerprint density at radius 3 is 2.14 bits per heavy atom. The van der Waals surface area contributed by atoms with E-state index in [4.69, 9.17) is 0 Å². The highest BCUT2D eigenvalue weighted by Crippen LogP contribution is 2.79. The Morgan fingerprint density at radius 1 is 0.690 bits per heavy atom. The van der Waals surface area contributed by atoms with Crippen LogP contribution in [-0.4, -0.2) is 13.9 Å². The van der Waals surface area contributed by atoms with Gasteiger partial charge >= 0.3 is 11.4 Å². The van der Waals surface area contributed by atoms with Gasteiger partial charge in [-0.2, -0.15) is 0 Å². The van der Waals surface area contributed by atoms with Crippen LogP contribution in [-0.2, 0) is 0 Å². The van der Waals surface area contributed by atoms with Crippen molar-refractivity contribution in [2.24, 2.45) is 47.3 Å². The van der Waals surface area contributed by atoms with Crippen molar-refractivity contribution in [2.75, 3.05) is 0 Å². The Hall–Kier alpha value is -2.30. The summed E-state index contributed by atoms with van der Waals surface area (Å²) in [6.45, 7) is 0. The summed E-state index contributed by atoms with van der Waals surface area (Å²) in [4.78, 5) is 26.8. The normalized spacial score (nSPS) is 46.9. The largest absolute Gasteiger partial charge is 0.352 e. The van der Waals surface area contributed by atoms with Gasteiger partial charge in [0, 0.05) is 0 Å². The highest BCUT2D eigenvalue weighted by Gasteiger charge is 2.74. The lowest BCUT2D eigenvalue weighted by molar-refractivity contribution is -0.0248. The van der Waals surface area contributed by atoms with Crippen molar-refractivity contribution in [3.63, 3.8) is 0 Å². The fourth-order valence-corrected chi connectivity index (χ4v) is 8.44. The van der Waals surface area contributed by atoms with Gasteiger partial charge in [-0.05, 0) is 85.2 Å². The Balaban J connectivity index is 1.29. The highest BCUT2D eigenvalue weighted by atomic mass is 16.2. The van der Waals surface area contributed by atoms with Crippen molar-refractivity contribution >= 4 is 0 Å². The Morgan fingerprint density at radius 2 is 1.34 bits per heavy atom. The van der Waals surface area contributed by atoms with Crippen LogP contribution >= 0.6 is 0 Å². The molecule has 3 heterocycles. The predicted molar refractivity (Wildman–Crippen MR) is 108 cm³/mol. The van der Waals surface area contributed by atoms with Crippen LogP contribution in [0, 0.1) is 47.3 Å². The van der Waals surface area contributed by atoms with Crippen LogP contribution in [0.15, 0.2) is 52.1 Å². The number of benzene rings is 1. The number of nitrogens with zero attached hydrogens (tertiary/aromatic N) is 3. The minimum atomic E-state index is -0.169. The summed E-state index contributed by atoms with van der Waals surface area (Å²) in [5.41, 5.74) is 0.342.